The van der Waals surface area contributed by atoms with E-state index in [1.54, 1.807) is 44.2 Å². The van der Waals surface area contributed by atoms with E-state index in [1.165, 1.54) is 0 Å². The molecule has 3 N–H and O–H groups in total. The summed E-state index contributed by atoms with van der Waals surface area (Å²) in [4.78, 5) is 37.5. The molecule has 0 aromatic heterocycles. The van der Waals surface area contributed by atoms with Crippen LogP contribution in [0.2, 0.25) is 0 Å². The number of amides is 2. The molecule has 2 amide bonds. The first-order chi connectivity index (χ1) is 16.9. The van der Waals surface area contributed by atoms with Crippen molar-refractivity contribution in [2.24, 2.45) is 5.92 Å². The van der Waals surface area contributed by atoms with Crippen molar-refractivity contribution in [3.05, 3.63) is 95.6 Å². The molecule has 0 fully saturated rings. The Morgan fingerprint density at radius 2 is 1.37 bits per heavy atom. The van der Waals surface area contributed by atoms with E-state index in [4.69, 9.17) is 4.74 Å². The highest BCUT2D eigenvalue weighted by atomic mass is 16.5. The fourth-order valence-corrected chi connectivity index (χ4v) is 4.45. The van der Waals surface area contributed by atoms with Crippen molar-refractivity contribution in [2.45, 2.75) is 31.8 Å². The van der Waals surface area contributed by atoms with E-state index in [0.29, 0.717) is 5.56 Å². The molecule has 1 aliphatic carbocycles. The topological polar surface area (TPSA) is 105 Å². The first-order valence-corrected chi connectivity index (χ1v) is 11.6. The number of carboxylic acids is 1. The summed E-state index contributed by atoms with van der Waals surface area (Å²) in [5, 5.41) is 14.6. The van der Waals surface area contributed by atoms with Gasteiger partial charge in [0.2, 0.25) is 5.91 Å². The number of hydrogen-bond acceptors (Lipinski definition) is 4. The second kappa shape index (κ2) is 10.4. The Morgan fingerprint density at radius 1 is 0.829 bits per heavy atom. The molecule has 35 heavy (non-hydrogen) atoms. The van der Waals surface area contributed by atoms with E-state index >= 15 is 0 Å². The number of alkyl carbamates (subject to hydrolysis) is 1. The highest BCUT2D eigenvalue weighted by Gasteiger charge is 2.32. The van der Waals surface area contributed by atoms with Gasteiger partial charge in [-0.05, 0) is 33.7 Å². The summed E-state index contributed by atoms with van der Waals surface area (Å²) in [5.41, 5.74) is 4.92. The van der Waals surface area contributed by atoms with Crippen LogP contribution in [0.5, 0.6) is 0 Å². The van der Waals surface area contributed by atoms with E-state index in [0.717, 1.165) is 22.3 Å². The minimum Gasteiger partial charge on any atom is -0.480 e. The average Bonchev–Trinajstić information content (AvgIpc) is 3.18. The lowest BCUT2D eigenvalue weighted by atomic mass is 9.98. The van der Waals surface area contributed by atoms with Crippen LogP contribution in [0.1, 0.15) is 42.5 Å². The third-order valence-corrected chi connectivity index (χ3v) is 6.23. The number of hydrogen-bond donors (Lipinski definition) is 3. The maximum absolute atomic E-state index is 13.0. The van der Waals surface area contributed by atoms with Crippen molar-refractivity contribution >= 4 is 18.0 Å². The van der Waals surface area contributed by atoms with Crippen LogP contribution >= 0.6 is 0 Å². The van der Waals surface area contributed by atoms with Crippen molar-refractivity contribution in [3.8, 4) is 11.1 Å². The third kappa shape index (κ3) is 5.19. The molecule has 0 spiro atoms. The van der Waals surface area contributed by atoms with Gasteiger partial charge >= 0.3 is 12.1 Å². The van der Waals surface area contributed by atoms with Crippen LogP contribution in [0.3, 0.4) is 0 Å². The zero-order valence-corrected chi connectivity index (χ0v) is 19.6. The van der Waals surface area contributed by atoms with Gasteiger partial charge in [-0.15, -0.1) is 0 Å². The fraction of sp³-hybridized carbons (Fsp3) is 0.250. The van der Waals surface area contributed by atoms with Gasteiger partial charge in [-0.2, -0.15) is 0 Å². The zero-order chi connectivity index (χ0) is 24.9. The molecule has 7 heteroatoms. The van der Waals surface area contributed by atoms with Crippen molar-refractivity contribution in [3.63, 3.8) is 0 Å². The maximum atomic E-state index is 13.0. The Hall–Kier alpha value is -4.13. The lowest BCUT2D eigenvalue weighted by Gasteiger charge is -2.23. The fourth-order valence-electron chi connectivity index (χ4n) is 4.45. The van der Waals surface area contributed by atoms with Gasteiger partial charge in [-0.3, -0.25) is 4.79 Å². The smallest absolute Gasteiger partial charge is 0.408 e. The highest BCUT2D eigenvalue weighted by Crippen LogP contribution is 2.44. The van der Waals surface area contributed by atoms with Gasteiger partial charge in [0.1, 0.15) is 18.7 Å². The molecular weight excluding hydrogens is 444 g/mol. The summed E-state index contributed by atoms with van der Waals surface area (Å²) in [6.45, 7) is 3.51. The Morgan fingerprint density at radius 3 is 1.91 bits per heavy atom. The molecule has 4 rings (SSSR count). The Kier molecular flexibility index (Phi) is 7.15. The highest BCUT2D eigenvalue weighted by molar-refractivity contribution is 5.90. The van der Waals surface area contributed by atoms with E-state index in [1.807, 2.05) is 36.4 Å². The summed E-state index contributed by atoms with van der Waals surface area (Å²) < 4.78 is 5.60. The number of carbonyl (C=O) groups is 3. The molecule has 0 aliphatic heterocycles. The molecule has 0 saturated carbocycles. The van der Waals surface area contributed by atoms with Gasteiger partial charge in [0, 0.05) is 5.92 Å². The van der Waals surface area contributed by atoms with Gasteiger partial charge in [0.25, 0.3) is 0 Å². The molecule has 1 aliphatic rings. The van der Waals surface area contributed by atoms with E-state index in [-0.39, 0.29) is 18.4 Å². The standard InChI is InChI=1S/C28H28N2O5/c1-17(2)24(27(32)33)29-26(31)25(18-10-4-3-5-11-18)30-28(34)35-16-23-21-14-8-6-12-19(21)20-13-7-9-15-22(20)23/h3-15,17,23-25H,16H2,1-2H3,(H,29,31)(H,30,34)(H,32,33)/t24-,25?/m1/s1. The van der Waals surface area contributed by atoms with E-state index in [9.17, 15) is 19.5 Å². The summed E-state index contributed by atoms with van der Waals surface area (Å²) in [6.07, 6.45) is -0.757. The molecule has 0 saturated heterocycles. The minimum absolute atomic E-state index is 0.104. The van der Waals surface area contributed by atoms with Gasteiger partial charge in [-0.1, -0.05) is 92.7 Å². The number of carbonyl (C=O) groups excluding carboxylic acids is 2. The lowest BCUT2D eigenvalue weighted by Crippen LogP contribution is -2.49. The molecule has 0 heterocycles. The number of ether oxygens (including phenoxy) is 1. The van der Waals surface area contributed by atoms with Crippen LogP contribution in [0.4, 0.5) is 4.79 Å². The molecule has 3 aromatic rings. The van der Waals surface area contributed by atoms with Crippen molar-refractivity contribution in [1.29, 1.82) is 0 Å². The van der Waals surface area contributed by atoms with Crippen molar-refractivity contribution in [2.75, 3.05) is 6.61 Å². The Balaban J connectivity index is 1.49. The maximum Gasteiger partial charge on any atom is 0.408 e. The third-order valence-electron chi connectivity index (χ3n) is 6.23. The molecule has 180 valence electrons. The predicted molar refractivity (Wildman–Crippen MR) is 132 cm³/mol. The molecular formula is C28H28N2O5. The molecule has 3 aromatic carbocycles. The van der Waals surface area contributed by atoms with Gasteiger partial charge in [0.05, 0.1) is 0 Å². The number of carboxylic acid groups (broad SMARTS) is 1. The van der Waals surface area contributed by atoms with Crippen LogP contribution < -0.4 is 10.6 Å². The summed E-state index contributed by atoms with van der Waals surface area (Å²) in [7, 11) is 0. The summed E-state index contributed by atoms with van der Waals surface area (Å²) in [6, 6.07) is 22.5. The van der Waals surface area contributed by atoms with Crippen LogP contribution in [0.25, 0.3) is 11.1 Å². The minimum atomic E-state index is -1.14. The Bertz CT molecular complexity index is 1180. The number of fused-ring (bicyclic) bond motifs is 3. The largest absolute Gasteiger partial charge is 0.480 e. The second-order valence-electron chi connectivity index (χ2n) is 8.88. The molecule has 7 nitrogen and oxygen atoms in total. The summed E-state index contributed by atoms with van der Waals surface area (Å²) in [5.74, 6) is -2.20. The molecule has 1 unspecified atom stereocenters. The van der Waals surface area contributed by atoms with Crippen molar-refractivity contribution in [1.82, 2.24) is 10.6 Å². The SMILES string of the molecule is CC(C)[C@@H](NC(=O)C(NC(=O)OCC1c2ccccc2-c2ccccc21)c1ccccc1)C(=O)O. The average molecular weight is 473 g/mol. The van der Waals surface area contributed by atoms with E-state index in [2.05, 4.69) is 22.8 Å². The first kappa shape index (κ1) is 24.0. The van der Waals surface area contributed by atoms with Crippen LogP contribution in [0, 0.1) is 5.92 Å². The molecule has 0 radical (unpaired) electrons. The second-order valence-corrected chi connectivity index (χ2v) is 8.88. The van der Waals surface area contributed by atoms with Crippen LogP contribution in [-0.4, -0.2) is 35.7 Å². The van der Waals surface area contributed by atoms with Crippen LogP contribution in [-0.2, 0) is 14.3 Å². The van der Waals surface area contributed by atoms with Crippen molar-refractivity contribution < 1.29 is 24.2 Å². The van der Waals surface area contributed by atoms with E-state index < -0.39 is 30.1 Å². The normalized spacial score (nSPS) is 13.9. The monoisotopic (exact) mass is 472 g/mol. The quantitative estimate of drug-likeness (QED) is 0.448. The van der Waals surface area contributed by atoms with Gasteiger partial charge in [0.15, 0.2) is 0 Å². The number of benzene rings is 3. The first-order valence-electron chi connectivity index (χ1n) is 11.6. The number of nitrogens with one attached hydrogen (secondary N) is 2. The summed E-state index contributed by atoms with van der Waals surface area (Å²) >= 11 is 0. The number of aliphatic carboxylic acids is 1. The molecule has 2 atom stereocenters. The van der Waals surface area contributed by atoms with Gasteiger partial charge < -0.3 is 20.5 Å². The zero-order valence-electron chi connectivity index (χ0n) is 19.6. The lowest BCUT2D eigenvalue weighted by molar-refractivity contribution is -0.143. The molecule has 0 bridgehead atoms. The Labute approximate surface area is 204 Å². The predicted octanol–water partition coefficient (Wildman–Crippen LogP) is 4.49. The van der Waals surface area contributed by atoms with Gasteiger partial charge in [-0.25, -0.2) is 9.59 Å². The number of rotatable bonds is 8. The van der Waals surface area contributed by atoms with Crippen LogP contribution in [0.15, 0.2) is 78.9 Å².